The van der Waals surface area contributed by atoms with Crippen molar-refractivity contribution in [2.75, 3.05) is 0 Å². The molecule has 5 rings (SSSR count). The third-order valence-corrected chi connectivity index (χ3v) is 8.84. The second-order valence-corrected chi connectivity index (χ2v) is 11.3. The lowest BCUT2D eigenvalue weighted by molar-refractivity contribution is 0.103. The molecule has 0 spiro atoms. The van der Waals surface area contributed by atoms with E-state index >= 15 is 0 Å². The molecule has 0 fully saturated rings. The van der Waals surface area contributed by atoms with Gasteiger partial charge in [0.25, 0.3) is 0 Å². The molecule has 0 unspecified atom stereocenters. The second-order valence-electron chi connectivity index (χ2n) is 8.09. The highest BCUT2D eigenvalue weighted by atomic mass is 32.2. The molecule has 0 aliphatic carbocycles. The number of phenols is 2. The number of hydrogen-bond donors (Lipinski definition) is 2. The Bertz CT molecular complexity index is 1400. The summed E-state index contributed by atoms with van der Waals surface area (Å²) in [6.07, 6.45) is 0. The maximum Gasteiger partial charge on any atom is 0.193 e. The molecular formula is C31H23O3S2+. The molecule has 0 amide bonds. The van der Waals surface area contributed by atoms with Gasteiger partial charge in [-0.15, -0.1) is 0 Å². The average molecular weight is 508 g/mol. The largest absolute Gasteiger partial charge is 0.508 e. The molecule has 0 aromatic heterocycles. The van der Waals surface area contributed by atoms with E-state index in [0.29, 0.717) is 11.1 Å². The van der Waals surface area contributed by atoms with Crippen LogP contribution in [0.3, 0.4) is 0 Å². The Hall–Kier alpha value is -3.93. The molecule has 0 aliphatic rings. The second kappa shape index (κ2) is 10.8. The van der Waals surface area contributed by atoms with Gasteiger partial charge in [-0.25, -0.2) is 0 Å². The Labute approximate surface area is 217 Å². The minimum Gasteiger partial charge on any atom is -0.508 e. The van der Waals surface area contributed by atoms with Crippen molar-refractivity contribution >= 4 is 28.4 Å². The highest BCUT2D eigenvalue weighted by molar-refractivity contribution is 7.99. The van der Waals surface area contributed by atoms with Gasteiger partial charge in [0, 0.05) is 20.9 Å². The quantitative estimate of drug-likeness (QED) is 0.176. The first-order valence-electron chi connectivity index (χ1n) is 11.4. The minimum atomic E-state index is -0.382. The first-order chi connectivity index (χ1) is 17.6. The SMILES string of the molecule is O=C(c1ccccc1)c1ccc(Sc2ccc([S+](c3ccc(O)cc3)c3ccc(O)cc3)cc2)cc1. The molecule has 36 heavy (non-hydrogen) atoms. The first kappa shape index (κ1) is 23.8. The van der Waals surface area contributed by atoms with E-state index in [9.17, 15) is 15.0 Å². The fourth-order valence-corrected chi connectivity index (χ4v) is 6.64. The van der Waals surface area contributed by atoms with Gasteiger partial charge in [-0.05, 0) is 97.1 Å². The van der Waals surface area contributed by atoms with Crippen molar-refractivity contribution in [3.63, 3.8) is 0 Å². The van der Waals surface area contributed by atoms with Crippen LogP contribution in [0, 0.1) is 0 Å². The molecule has 0 radical (unpaired) electrons. The molecule has 5 aromatic carbocycles. The molecule has 2 N–H and O–H groups in total. The lowest BCUT2D eigenvalue weighted by Crippen LogP contribution is -2.04. The predicted octanol–water partition coefficient (Wildman–Crippen LogP) is 7.58. The summed E-state index contributed by atoms with van der Waals surface area (Å²) in [5, 5.41) is 19.5. The van der Waals surface area contributed by atoms with Gasteiger partial charge in [-0.2, -0.15) is 0 Å². The molecule has 5 aromatic rings. The van der Waals surface area contributed by atoms with Crippen molar-refractivity contribution in [1.29, 1.82) is 0 Å². The summed E-state index contributed by atoms with van der Waals surface area (Å²) in [5.74, 6) is 0.486. The average Bonchev–Trinajstić information content (AvgIpc) is 2.92. The fraction of sp³-hybridized carbons (Fsp3) is 0. The fourth-order valence-electron chi connectivity index (χ4n) is 3.78. The number of carbonyl (C=O) groups excluding carboxylic acids is 1. The van der Waals surface area contributed by atoms with Crippen LogP contribution in [-0.4, -0.2) is 16.0 Å². The summed E-state index contributed by atoms with van der Waals surface area (Å²) >= 11 is 1.65. The van der Waals surface area contributed by atoms with Crippen LogP contribution in [-0.2, 0) is 10.9 Å². The lowest BCUT2D eigenvalue weighted by atomic mass is 10.0. The van der Waals surface area contributed by atoms with E-state index in [1.54, 1.807) is 36.0 Å². The van der Waals surface area contributed by atoms with Crippen LogP contribution in [0.4, 0.5) is 0 Å². The van der Waals surface area contributed by atoms with E-state index in [4.69, 9.17) is 0 Å². The van der Waals surface area contributed by atoms with Crippen molar-refractivity contribution in [3.8, 4) is 11.5 Å². The van der Waals surface area contributed by atoms with Crippen molar-refractivity contribution in [2.24, 2.45) is 0 Å². The summed E-state index contributed by atoms with van der Waals surface area (Å²) in [6.45, 7) is 0. The van der Waals surface area contributed by atoms with E-state index < -0.39 is 0 Å². The van der Waals surface area contributed by atoms with Gasteiger partial charge < -0.3 is 10.2 Å². The van der Waals surface area contributed by atoms with Crippen molar-refractivity contribution in [1.82, 2.24) is 0 Å². The maximum absolute atomic E-state index is 12.7. The van der Waals surface area contributed by atoms with Crippen molar-refractivity contribution in [2.45, 2.75) is 24.5 Å². The van der Waals surface area contributed by atoms with Crippen LogP contribution in [0.5, 0.6) is 11.5 Å². The number of carbonyl (C=O) groups is 1. The molecular weight excluding hydrogens is 484 g/mol. The van der Waals surface area contributed by atoms with Gasteiger partial charge in [-0.3, -0.25) is 4.79 Å². The van der Waals surface area contributed by atoms with Gasteiger partial charge in [-0.1, -0.05) is 42.1 Å². The van der Waals surface area contributed by atoms with E-state index in [1.165, 1.54) is 0 Å². The number of hydrogen-bond acceptors (Lipinski definition) is 4. The standard InChI is InChI=1S/C31H22O3S2/c32-24-8-16-28(17-9-24)36(29-18-10-25(33)11-19-29)30-20-14-27(15-21-30)35-26-12-6-23(7-13-26)31(34)22-4-2-1-3-5-22/h1-21H,(H-,32,33)/p+1. The summed E-state index contributed by atoms with van der Waals surface area (Å²) in [7, 11) is -0.382. The van der Waals surface area contributed by atoms with Crippen molar-refractivity contribution < 1.29 is 15.0 Å². The molecule has 176 valence electrons. The first-order valence-corrected chi connectivity index (χ1v) is 13.4. The third kappa shape index (κ3) is 5.48. The highest BCUT2D eigenvalue weighted by Crippen LogP contribution is 2.35. The van der Waals surface area contributed by atoms with Gasteiger partial charge in [0.15, 0.2) is 20.5 Å². The van der Waals surface area contributed by atoms with Gasteiger partial charge in [0.1, 0.15) is 11.5 Å². The number of ketones is 1. The zero-order valence-corrected chi connectivity index (χ0v) is 20.9. The summed E-state index contributed by atoms with van der Waals surface area (Å²) in [5.41, 5.74) is 1.36. The Balaban J connectivity index is 1.36. The topological polar surface area (TPSA) is 57.5 Å². The summed E-state index contributed by atoms with van der Waals surface area (Å²) < 4.78 is 0. The minimum absolute atomic E-state index is 0.0204. The van der Waals surface area contributed by atoms with E-state index in [1.807, 2.05) is 78.9 Å². The van der Waals surface area contributed by atoms with Crippen LogP contribution >= 0.6 is 11.8 Å². The third-order valence-electron chi connectivity index (χ3n) is 5.59. The molecule has 0 bridgehead atoms. The zero-order chi connectivity index (χ0) is 24.9. The summed E-state index contributed by atoms with van der Waals surface area (Å²) in [6, 6.07) is 40.0. The Kier molecular flexibility index (Phi) is 7.12. The van der Waals surface area contributed by atoms with Gasteiger partial charge in [0.05, 0.1) is 10.9 Å². The monoisotopic (exact) mass is 507 g/mol. The molecule has 0 atom stereocenters. The molecule has 0 aliphatic heterocycles. The highest BCUT2D eigenvalue weighted by Gasteiger charge is 2.28. The normalized spacial score (nSPS) is 10.9. The number of benzene rings is 5. The van der Waals surface area contributed by atoms with Crippen LogP contribution in [0.2, 0.25) is 0 Å². The van der Waals surface area contributed by atoms with E-state index in [-0.39, 0.29) is 28.2 Å². The molecule has 5 heteroatoms. The Morgan fingerprint density at radius 1 is 0.500 bits per heavy atom. The maximum atomic E-state index is 12.7. The zero-order valence-electron chi connectivity index (χ0n) is 19.2. The van der Waals surface area contributed by atoms with Gasteiger partial charge in [0.2, 0.25) is 0 Å². The van der Waals surface area contributed by atoms with E-state index in [0.717, 1.165) is 24.5 Å². The number of rotatable bonds is 7. The van der Waals surface area contributed by atoms with E-state index in [2.05, 4.69) is 24.3 Å². The number of phenolic OH excluding ortho intramolecular Hbond substituents is 2. The van der Waals surface area contributed by atoms with Crippen molar-refractivity contribution in [3.05, 3.63) is 139 Å². The lowest BCUT2D eigenvalue weighted by Gasteiger charge is -2.09. The van der Waals surface area contributed by atoms with Crippen LogP contribution in [0.1, 0.15) is 15.9 Å². The Morgan fingerprint density at radius 2 is 0.889 bits per heavy atom. The predicted molar refractivity (Wildman–Crippen MR) is 145 cm³/mol. The molecule has 0 saturated carbocycles. The van der Waals surface area contributed by atoms with Gasteiger partial charge >= 0.3 is 0 Å². The van der Waals surface area contributed by atoms with Crippen LogP contribution < -0.4 is 0 Å². The van der Waals surface area contributed by atoms with Crippen LogP contribution in [0.15, 0.2) is 152 Å². The molecule has 0 saturated heterocycles. The summed E-state index contributed by atoms with van der Waals surface area (Å²) in [4.78, 5) is 18.1. The number of aromatic hydroxyl groups is 2. The van der Waals surface area contributed by atoms with Crippen LogP contribution in [0.25, 0.3) is 0 Å². The molecule has 0 heterocycles. The smallest absolute Gasteiger partial charge is 0.193 e. The molecule has 3 nitrogen and oxygen atoms in total. The Morgan fingerprint density at radius 3 is 1.36 bits per heavy atom.